The summed E-state index contributed by atoms with van der Waals surface area (Å²) in [6.45, 7) is 7.98. The second-order valence-corrected chi connectivity index (χ2v) is 6.46. The van der Waals surface area contributed by atoms with Crippen LogP contribution in [0.15, 0.2) is 28.7 Å². The lowest BCUT2D eigenvalue weighted by molar-refractivity contribution is 0.102. The number of rotatable bonds is 5. The van der Waals surface area contributed by atoms with Crippen molar-refractivity contribution < 1.29 is 4.79 Å². The van der Waals surface area contributed by atoms with Gasteiger partial charge in [0.1, 0.15) is 5.69 Å². The summed E-state index contributed by atoms with van der Waals surface area (Å²) >= 11 is 3.46. The molecule has 0 spiro atoms. The molecule has 0 radical (unpaired) electrons. The summed E-state index contributed by atoms with van der Waals surface area (Å²) in [7, 11) is 0. The Labute approximate surface area is 145 Å². The van der Waals surface area contributed by atoms with Gasteiger partial charge in [0.2, 0.25) is 5.95 Å². The van der Waals surface area contributed by atoms with Gasteiger partial charge in [-0.25, -0.2) is 9.97 Å². The van der Waals surface area contributed by atoms with Crippen molar-refractivity contribution in [2.24, 2.45) is 0 Å². The molecule has 0 aliphatic heterocycles. The van der Waals surface area contributed by atoms with E-state index in [1.807, 2.05) is 32.0 Å². The van der Waals surface area contributed by atoms with E-state index in [0.29, 0.717) is 17.3 Å². The molecule has 0 aliphatic carbocycles. The molecule has 2 aromatic rings. The first kappa shape index (κ1) is 17.4. The van der Waals surface area contributed by atoms with Gasteiger partial charge in [-0.05, 0) is 66.9 Å². The summed E-state index contributed by atoms with van der Waals surface area (Å²) in [5.74, 6) is 0.222. The highest BCUT2D eigenvalue weighted by Gasteiger charge is 2.13. The Kier molecular flexibility index (Phi) is 5.71. The Morgan fingerprint density at radius 2 is 2.00 bits per heavy atom. The third-order valence-electron chi connectivity index (χ3n) is 3.45. The number of aryl methyl sites for hydroxylation is 2. The monoisotopic (exact) mass is 376 g/mol. The lowest BCUT2D eigenvalue weighted by Crippen LogP contribution is -2.19. The Morgan fingerprint density at radius 3 is 2.65 bits per heavy atom. The number of nitrogens with zero attached hydrogens (tertiary/aromatic N) is 2. The molecule has 0 aliphatic rings. The molecular weight excluding hydrogens is 356 g/mol. The zero-order chi connectivity index (χ0) is 17.0. The normalized spacial score (nSPS) is 11.9. The molecule has 0 saturated carbocycles. The highest BCUT2D eigenvalue weighted by Crippen LogP contribution is 2.24. The number of halogens is 1. The highest BCUT2D eigenvalue weighted by molar-refractivity contribution is 9.10. The number of nitrogens with one attached hydrogen (secondary N) is 2. The number of benzene rings is 1. The molecule has 0 fully saturated rings. The fraction of sp³-hybridized carbons (Fsp3) is 0.353. The molecule has 23 heavy (non-hydrogen) atoms. The lowest BCUT2D eigenvalue weighted by atomic mass is 10.2. The van der Waals surface area contributed by atoms with Gasteiger partial charge in [0.25, 0.3) is 5.91 Å². The van der Waals surface area contributed by atoms with Gasteiger partial charge in [0.05, 0.1) is 5.69 Å². The highest BCUT2D eigenvalue weighted by atomic mass is 79.9. The van der Waals surface area contributed by atoms with Gasteiger partial charge in [0, 0.05) is 16.2 Å². The van der Waals surface area contributed by atoms with Crippen LogP contribution in [-0.2, 0) is 0 Å². The SMILES string of the molecule is CCC(C)Nc1nc(C)cc(C(=O)Nc2ccc(C)cc2Br)n1. The molecule has 122 valence electrons. The minimum absolute atomic E-state index is 0.249. The van der Waals surface area contributed by atoms with Crippen molar-refractivity contribution in [2.45, 2.75) is 40.2 Å². The van der Waals surface area contributed by atoms with Gasteiger partial charge < -0.3 is 10.6 Å². The number of carbonyl (C=O) groups excluding carboxylic acids is 1. The fourth-order valence-electron chi connectivity index (χ4n) is 1.98. The molecule has 1 heterocycles. The van der Waals surface area contributed by atoms with Gasteiger partial charge in [-0.15, -0.1) is 0 Å². The molecule has 2 rings (SSSR count). The average molecular weight is 377 g/mol. The standard InChI is InChI=1S/C17H21BrN4O/c1-5-11(3)19-17-20-12(4)9-15(22-17)16(23)21-14-7-6-10(2)8-13(14)18/h6-9,11H,5H2,1-4H3,(H,21,23)(H,19,20,22). The maximum absolute atomic E-state index is 12.5. The summed E-state index contributed by atoms with van der Waals surface area (Å²) in [5.41, 5.74) is 2.93. The van der Waals surface area contributed by atoms with E-state index in [1.165, 1.54) is 0 Å². The van der Waals surface area contributed by atoms with Crippen molar-refractivity contribution in [1.82, 2.24) is 9.97 Å². The van der Waals surface area contributed by atoms with E-state index in [1.54, 1.807) is 6.07 Å². The molecular formula is C17H21BrN4O. The number of carbonyl (C=O) groups is 1. The van der Waals surface area contributed by atoms with E-state index >= 15 is 0 Å². The second-order valence-electron chi connectivity index (χ2n) is 5.61. The van der Waals surface area contributed by atoms with Gasteiger partial charge in [0.15, 0.2) is 0 Å². The largest absolute Gasteiger partial charge is 0.352 e. The van der Waals surface area contributed by atoms with E-state index in [4.69, 9.17) is 0 Å². The van der Waals surface area contributed by atoms with Crippen LogP contribution in [0.1, 0.15) is 42.0 Å². The Bertz CT molecular complexity index is 718. The molecule has 1 unspecified atom stereocenters. The third-order valence-corrected chi connectivity index (χ3v) is 4.10. The summed E-state index contributed by atoms with van der Waals surface area (Å²) in [6.07, 6.45) is 0.954. The minimum atomic E-state index is -0.257. The van der Waals surface area contributed by atoms with E-state index in [9.17, 15) is 4.79 Å². The third kappa shape index (κ3) is 4.76. The van der Waals surface area contributed by atoms with E-state index < -0.39 is 0 Å². The van der Waals surface area contributed by atoms with Crippen molar-refractivity contribution >= 4 is 33.5 Å². The minimum Gasteiger partial charge on any atom is -0.352 e. The van der Waals surface area contributed by atoms with Crippen LogP contribution in [0.3, 0.4) is 0 Å². The van der Waals surface area contributed by atoms with Crippen LogP contribution in [-0.4, -0.2) is 21.9 Å². The quantitative estimate of drug-likeness (QED) is 0.815. The predicted molar refractivity (Wildman–Crippen MR) is 97.0 cm³/mol. The first-order chi connectivity index (χ1) is 10.9. The Morgan fingerprint density at radius 1 is 1.26 bits per heavy atom. The number of aromatic nitrogens is 2. The van der Waals surface area contributed by atoms with Crippen molar-refractivity contribution in [3.05, 3.63) is 45.7 Å². The molecule has 6 heteroatoms. The van der Waals surface area contributed by atoms with Crippen LogP contribution < -0.4 is 10.6 Å². The molecule has 2 N–H and O–H groups in total. The zero-order valence-corrected chi connectivity index (χ0v) is 15.4. The first-order valence-corrected chi connectivity index (χ1v) is 8.38. The first-order valence-electron chi connectivity index (χ1n) is 7.58. The lowest BCUT2D eigenvalue weighted by Gasteiger charge is -2.13. The van der Waals surface area contributed by atoms with E-state index in [0.717, 1.165) is 22.2 Å². The van der Waals surface area contributed by atoms with Crippen LogP contribution in [0.2, 0.25) is 0 Å². The average Bonchev–Trinajstić information content (AvgIpc) is 2.49. The topological polar surface area (TPSA) is 66.9 Å². The van der Waals surface area contributed by atoms with Crippen molar-refractivity contribution in [3.63, 3.8) is 0 Å². The van der Waals surface area contributed by atoms with Crippen LogP contribution in [0.25, 0.3) is 0 Å². The predicted octanol–water partition coefficient (Wildman–Crippen LogP) is 4.32. The number of anilines is 2. The Hall–Kier alpha value is -1.95. The molecule has 0 saturated heterocycles. The van der Waals surface area contributed by atoms with E-state index in [2.05, 4.69) is 50.4 Å². The van der Waals surface area contributed by atoms with Crippen molar-refractivity contribution in [2.75, 3.05) is 10.6 Å². The molecule has 1 amide bonds. The number of amides is 1. The summed E-state index contributed by atoms with van der Waals surface area (Å²) < 4.78 is 0.842. The molecule has 5 nitrogen and oxygen atoms in total. The Balaban J connectivity index is 2.21. The summed E-state index contributed by atoms with van der Waals surface area (Å²) in [4.78, 5) is 21.1. The van der Waals surface area contributed by atoms with Crippen molar-refractivity contribution in [3.8, 4) is 0 Å². The maximum Gasteiger partial charge on any atom is 0.274 e. The van der Waals surface area contributed by atoms with E-state index in [-0.39, 0.29) is 11.9 Å². The molecule has 0 bridgehead atoms. The zero-order valence-electron chi connectivity index (χ0n) is 13.8. The number of hydrogen-bond acceptors (Lipinski definition) is 4. The summed E-state index contributed by atoms with van der Waals surface area (Å²) in [5, 5.41) is 6.07. The van der Waals surface area contributed by atoms with Crippen molar-refractivity contribution in [1.29, 1.82) is 0 Å². The fourth-order valence-corrected chi connectivity index (χ4v) is 2.57. The smallest absolute Gasteiger partial charge is 0.274 e. The molecule has 1 atom stereocenters. The van der Waals surface area contributed by atoms with Gasteiger partial charge in [-0.3, -0.25) is 4.79 Å². The van der Waals surface area contributed by atoms with Crippen LogP contribution >= 0.6 is 15.9 Å². The van der Waals surface area contributed by atoms with Crippen LogP contribution in [0.4, 0.5) is 11.6 Å². The van der Waals surface area contributed by atoms with Crippen LogP contribution in [0.5, 0.6) is 0 Å². The summed E-state index contributed by atoms with van der Waals surface area (Å²) in [6, 6.07) is 7.69. The number of hydrogen-bond donors (Lipinski definition) is 2. The molecule has 1 aromatic heterocycles. The van der Waals surface area contributed by atoms with Gasteiger partial charge >= 0.3 is 0 Å². The van der Waals surface area contributed by atoms with Gasteiger partial charge in [-0.2, -0.15) is 0 Å². The molecule has 1 aromatic carbocycles. The van der Waals surface area contributed by atoms with Crippen LogP contribution in [0, 0.1) is 13.8 Å². The van der Waals surface area contributed by atoms with Gasteiger partial charge in [-0.1, -0.05) is 13.0 Å². The maximum atomic E-state index is 12.5. The second kappa shape index (κ2) is 7.55.